The van der Waals surface area contributed by atoms with Gasteiger partial charge in [0, 0.05) is 35.8 Å². The van der Waals surface area contributed by atoms with Crippen LogP contribution in [0.3, 0.4) is 0 Å². The van der Waals surface area contributed by atoms with Crippen molar-refractivity contribution < 1.29 is 70.1 Å². The van der Waals surface area contributed by atoms with Crippen molar-refractivity contribution in [3.05, 3.63) is 173 Å². The first kappa shape index (κ1) is 78.0. The lowest BCUT2D eigenvalue weighted by molar-refractivity contribution is -0.402. The molecule has 98 heavy (non-hydrogen) atoms. The van der Waals surface area contributed by atoms with Crippen molar-refractivity contribution in [2.24, 2.45) is 23.3 Å². The first-order chi connectivity index (χ1) is 46.9. The van der Waals surface area contributed by atoms with Crippen LogP contribution in [-0.4, -0.2) is 95.0 Å². The fourth-order valence-electron chi connectivity index (χ4n) is 11.0. The smallest absolute Gasteiger partial charge is 0.461 e. The molecule has 2 heterocycles. The van der Waals surface area contributed by atoms with Gasteiger partial charge < -0.3 is 45.0 Å². The fourth-order valence-corrected chi connectivity index (χ4v) is 15.1. The Balaban J connectivity index is 0.000000276. The van der Waals surface area contributed by atoms with E-state index < -0.39 is 55.1 Å². The van der Waals surface area contributed by atoms with Crippen LogP contribution in [0.4, 0.5) is 10.9 Å². The van der Waals surface area contributed by atoms with Gasteiger partial charge in [0.1, 0.15) is 40.3 Å². The number of carbonyl (C=O) groups excluding carboxylic acids is 4. The quantitative estimate of drug-likeness (QED) is 0.00919. The summed E-state index contributed by atoms with van der Waals surface area (Å²) in [6, 6.07) is 28.3. The Morgan fingerprint density at radius 2 is 1.04 bits per heavy atom. The predicted molar refractivity (Wildman–Crippen MR) is 375 cm³/mol. The van der Waals surface area contributed by atoms with Gasteiger partial charge in [-0.2, -0.15) is 0 Å². The maximum absolute atomic E-state index is 13.9. The summed E-state index contributed by atoms with van der Waals surface area (Å²) in [4.78, 5) is 71.8. The maximum Gasteiger partial charge on any atom is 0.461 e. The standard InChI is InChI=1S/C34H44ClN4O9P.C34H44ClN4O8PS/c1-24(27-12-16-31(30(21-27)34(36)41)45-22-26-8-4-3-5-9-26)37-32(40)20-25-10-13-28(14-11-25)48-49(44,38(2)19-7-6-18-35)46-23-29-15-17-33(47-29)39(42)43;1-24(27-12-16-31(30(21-27)34(36)41)45-22-26-8-4-3-5-9-26)37-32(40)20-25-10-13-28(14-11-25)47-48(44,38(2)19-7-6-18-35)46-23-29-15-17-33(49-29)39(42)43/h2*10-17,21,24,26H,3-9,18-20,22-23H2,1-2H3,(H2,36,41)(H,37,40). The molecule has 4 aromatic carbocycles. The van der Waals surface area contributed by atoms with Crippen LogP contribution >= 0.6 is 50.0 Å². The molecule has 0 saturated heterocycles. The zero-order chi connectivity index (χ0) is 70.8. The van der Waals surface area contributed by atoms with Crippen molar-refractivity contribution in [3.8, 4) is 23.0 Å². The molecule has 2 fully saturated rings. The second-order valence-electron chi connectivity index (χ2n) is 24.3. The molecule has 2 aromatic heterocycles. The molecule has 4 amide bonds. The monoisotopic (exact) mass is 1450 g/mol. The zero-order valence-electron chi connectivity index (χ0n) is 55.6. The number of benzene rings is 4. The molecule has 0 radical (unpaired) electrons. The van der Waals surface area contributed by atoms with Gasteiger partial charge in [0.15, 0.2) is 0 Å². The number of unbranched alkanes of at least 4 members (excludes halogenated alkanes) is 2. The molecule has 30 heteroatoms. The molecule has 0 spiro atoms. The Kier molecular flexibility index (Phi) is 30.9. The highest BCUT2D eigenvalue weighted by molar-refractivity contribution is 7.52. The van der Waals surface area contributed by atoms with E-state index in [1.54, 1.807) is 93.0 Å². The van der Waals surface area contributed by atoms with Gasteiger partial charge in [0.25, 0.3) is 11.8 Å². The number of thiophene rings is 1. The number of ether oxygens (including phenoxy) is 2. The third-order valence-corrected chi connectivity index (χ3v) is 22.1. The molecule has 4 atom stereocenters. The van der Waals surface area contributed by atoms with E-state index in [-0.39, 0.29) is 71.3 Å². The Hall–Kier alpha value is -7.38. The highest BCUT2D eigenvalue weighted by Crippen LogP contribution is 2.53. The minimum absolute atomic E-state index is 0.0400. The van der Waals surface area contributed by atoms with Gasteiger partial charge in [0.05, 0.1) is 66.9 Å². The molecule has 2 saturated carbocycles. The molecule has 2 aliphatic carbocycles. The van der Waals surface area contributed by atoms with Gasteiger partial charge in [-0.25, -0.2) is 18.5 Å². The van der Waals surface area contributed by atoms with Crippen LogP contribution in [0.25, 0.3) is 0 Å². The molecule has 0 aliphatic heterocycles. The SMILES string of the molecule is CC(NC(=O)Cc1ccc(OP(=O)(OCc2ccc([N+](=O)[O-])o2)N(C)CCCCCl)cc1)c1ccc(OCC2CCCCC2)c(C(N)=O)c1.CC(NC(=O)Cc1ccc(OP(=O)(OCc2ccc([N+](=O)[O-])s2)N(C)CCCCCl)cc1)c1ccc(OCC2CCCCC2)c(C(N)=O)c1. The van der Waals surface area contributed by atoms with Crippen LogP contribution in [0.2, 0.25) is 0 Å². The molecule has 6 N–H and O–H groups in total. The average molecular weight is 1450 g/mol. The minimum Gasteiger partial charge on any atom is -0.492 e. The summed E-state index contributed by atoms with van der Waals surface area (Å²) in [5.74, 6) is 1.25. The summed E-state index contributed by atoms with van der Waals surface area (Å²) in [5, 5.41) is 27.9. The fraction of sp³-hybridized carbons (Fsp3) is 0.471. The number of nitrogens with one attached hydrogen (secondary N) is 2. The molecule has 2 aliphatic rings. The third-order valence-electron chi connectivity index (χ3n) is 16.7. The van der Waals surface area contributed by atoms with E-state index in [9.17, 15) is 48.5 Å². The first-order valence-electron chi connectivity index (χ1n) is 32.7. The third kappa shape index (κ3) is 24.5. The van der Waals surface area contributed by atoms with Crippen molar-refractivity contribution >= 4 is 84.5 Å². The van der Waals surface area contributed by atoms with Crippen LogP contribution < -0.4 is 40.6 Å². The second-order valence-corrected chi connectivity index (χ2v) is 30.3. The summed E-state index contributed by atoms with van der Waals surface area (Å²) in [6.45, 7) is 5.03. The van der Waals surface area contributed by atoms with Crippen molar-refractivity contribution in [1.82, 2.24) is 20.0 Å². The first-order valence-corrected chi connectivity index (χ1v) is 37.6. The van der Waals surface area contributed by atoms with E-state index >= 15 is 0 Å². The summed E-state index contributed by atoms with van der Waals surface area (Å²) >= 11 is 12.5. The molecule has 8 rings (SSSR count). The average Bonchev–Trinajstić information content (AvgIpc) is 0.865. The van der Waals surface area contributed by atoms with Gasteiger partial charge in [0.2, 0.25) is 11.8 Å². The highest BCUT2D eigenvalue weighted by atomic mass is 35.5. The molecule has 6 aromatic rings. The van der Waals surface area contributed by atoms with E-state index in [0.29, 0.717) is 109 Å². The van der Waals surface area contributed by atoms with Crippen molar-refractivity contribution in [2.75, 3.05) is 52.2 Å². The summed E-state index contributed by atoms with van der Waals surface area (Å²) in [6.07, 6.45) is 14.6. The van der Waals surface area contributed by atoms with Gasteiger partial charge >= 0.3 is 26.4 Å². The second kappa shape index (κ2) is 38.8. The van der Waals surface area contributed by atoms with E-state index in [1.165, 1.54) is 66.1 Å². The Morgan fingerprint density at radius 3 is 1.43 bits per heavy atom. The van der Waals surface area contributed by atoms with Gasteiger partial charge in [-0.1, -0.05) is 86.3 Å². The number of halogens is 2. The molecule has 0 bridgehead atoms. The number of amides is 4. The van der Waals surface area contributed by atoms with Crippen molar-refractivity contribution in [1.29, 1.82) is 0 Å². The number of furan rings is 1. The van der Waals surface area contributed by atoms with Crippen LogP contribution in [0, 0.1) is 32.1 Å². The van der Waals surface area contributed by atoms with Crippen LogP contribution in [0.5, 0.6) is 23.0 Å². The van der Waals surface area contributed by atoms with E-state index in [0.717, 1.165) is 42.6 Å². The molecule has 4 unspecified atom stereocenters. The van der Waals surface area contributed by atoms with Crippen LogP contribution in [0.15, 0.2) is 114 Å². The highest BCUT2D eigenvalue weighted by Gasteiger charge is 2.35. The Bertz CT molecular complexity index is 3460. The van der Waals surface area contributed by atoms with E-state index in [1.807, 2.05) is 26.0 Å². The minimum atomic E-state index is -3.94. The number of carbonyl (C=O) groups is 4. The van der Waals surface area contributed by atoms with E-state index in [2.05, 4.69) is 10.6 Å². The predicted octanol–water partition coefficient (Wildman–Crippen LogP) is 15.1. The summed E-state index contributed by atoms with van der Waals surface area (Å²) < 4.78 is 71.0. The van der Waals surface area contributed by atoms with E-state index in [4.69, 9.17) is 66.7 Å². The number of hydrogen-bond acceptors (Lipinski definition) is 18. The number of primary amides is 2. The number of nitro groups is 2. The lowest BCUT2D eigenvalue weighted by Gasteiger charge is -2.27. The molecule has 25 nitrogen and oxygen atoms in total. The Morgan fingerprint density at radius 1 is 0.602 bits per heavy atom. The van der Waals surface area contributed by atoms with Gasteiger partial charge in [-0.05, 0) is 174 Å². The molecular formula is C68H88Cl2N8O17P2S. The van der Waals surface area contributed by atoms with Crippen molar-refractivity contribution in [2.45, 2.75) is 142 Å². The van der Waals surface area contributed by atoms with Crippen LogP contribution in [0.1, 0.15) is 169 Å². The largest absolute Gasteiger partial charge is 0.492 e. The maximum atomic E-state index is 13.9. The Labute approximate surface area is 585 Å². The normalized spacial score (nSPS) is 15.3. The number of rotatable bonds is 38. The number of nitrogens with zero attached hydrogens (tertiary/aromatic N) is 4. The lowest BCUT2D eigenvalue weighted by Crippen LogP contribution is -2.28. The molecular weight excluding hydrogens is 1370 g/mol. The molecule has 532 valence electrons. The number of alkyl halides is 2. The lowest BCUT2D eigenvalue weighted by atomic mass is 9.90. The zero-order valence-corrected chi connectivity index (χ0v) is 59.7. The van der Waals surface area contributed by atoms with Crippen molar-refractivity contribution in [3.63, 3.8) is 0 Å². The van der Waals surface area contributed by atoms with Gasteiger partial charge in [-0.3, -0.25) is 48.5 Å². The number of nitrogens with two attached hydrogens (primary N) is 2. The van der Waals surface area contributed by atoms with Gasteiger partial charge in [-0.15, -0.1) is 23.2 Å². The summed E-state index contributed by atoms with van der Waals surface area (Å²) in [7, 11) is -4.60. The number of hydrogen-bond donors (Lipinski definition) is 4. The topological polar surface area (TPSA) is 340 Å². The van der Waals surface area contributed by atoms with Crippen LogP contribution in [-0.2, 0) is 53.8 Å². The summed E-state index contributed by atoms with van der Waals surface area (Å²) in [5.41, 5.74) is 14.7.